The van der Waals surface area contributed by atoms with Crippen LogP contribution in [0.5, 0.6) is 0 Å². The summed E-state index contributed by atoms with van der Waals surface area (Å²) in [6.07, 6.45) is 4.11. The largest absolute Gasteiger partial charge is 0.356 e. The lowest BCUT2D eigenvalue weighted by Gasteiger charge is -2.06. The third kappa shape index (κ3) is 9.52. The fourth-order valence-corrected chi connectivity index (χ4v) is 1.27. The lowest BCUT2D eigenvalue weighted by molar-refractivity contribution is -0.121. The topological polar surface area (TPSA) is 41.1 Å². The van der Waals surface area contributed by atoms with Gasteiger partial charge in [0.2, 0.25) is 5.91 Å². The quantitative estimate of drug-likeness (QED) is 0.584. The molecule has 14 heavy (non-hydrogen) atoms. The lowest BCUT2D eigenvalue weighted by atomic mass is 10.1. The number of nitrogens with one attached hydrogen (secondary N) is 2. The van der Waals surface area contributed by atoms with Gasteiger partial charge in [0, 0.05) is 13.0 Å². The van der Waals surface area contributed by atoms with Crippen molar-refractivity contribution in [3.8, 4) is 0 Å². The molecule has 0 heterocycles. The average molecular weight is 200 g/mol. The number of hydrogen-bond donors (Lipinski definition) is 2. The molecule has 0 aromatic heterocycles. The van der Waals surface area contributed by atoms with Crippen molar-refractivity contribution in [1.82, 2.24) is 10.6 Å². The van der Waals surface area contributed by atoms with E-state index in [1.54, 1.807) is 0 Å². The van der Waals surface area contributed by atoms with E-state index in [0.29, 0.717) is 12.3 Å². The number of carbonyl (C=O) groups is 1. The van der Waals surface area contributed by atoms with Crippen LogP contribution in [0.25, 0.3) is 0 Å². The molecule has 0 spiro atoms. The molecule has 0 aliphatic heterocycles. The van der Waals surface area contributed by atoms with E-state index in [0.717, 1.165) is 19.5 Å². The predicted octanol–water partition coefficient (Wildman–Crippen LogP) is 1.54. The van der Waals surface area contributed by atoms with E-state index >= 15 is 0 Å². The minimum absolute atomic E-state index is 0.189. The average Bonchev–Trinajstić information content (AvgIpc) is 2.10. The van der Waals surface area contributed by atoms with Crippen LogP contribution in [0.3, 0.4) is 0 Å². The molecule has 0 unspecified atom stereocenters. The zero-order chi connectivity index (χ0) is 10.8. The fraction of sp³-hybridized carbons (Fsp3) is 0.909. The van der Waals surface area contributed by atoms with E-state index in [1.807, 2.05) is 7.05 Å². The summed E-state index contributed by atoms with van der Waals surface area (Å²) in [5.74, 6) is 0.646. The zero-order valence-electron chi connectivity index (χ0n) is 9.73. The Morgan fingerprint density at radius 2 is 1.79 bits per heavy atom. The first kappa shape index (κ1) is 13.4. The highest BCUT2D eigenvalue weighted by atomic mass is 16.1. The van der Waals surface area contributed by atoms with E-state index in [1.165, 1.54) is 12.8 Å². The molecule has 0 saturated carbocycles. The van der Waals surface area contributed by atoms with Gasteiger partial charge in [0.05, 0.1) is 0 Å². The van der Waals surface area contributed by atoms with Crippen molar-refractivity contribution in [2.24, 2.45) is 5.92 Å². The SMILES string of the molecule is CNCCCCCNC(=O)CC(C)C. The molecular weight excluding hydrogens is 176 g/mol. The Hall–Kier alpha value is -0.570. The molecule has 0 aromatic carbocycles. The molecule has 0 aromatic rings. The summed E-state index contributed by atoms with van der Waals surface area (Å²) in [5, 5.41) is 6.04. The second kappa shape index (κ2) is 9.00. The summed E-state index contributed by atoms with van der Waals surface area (Å²) in [5.41, 5.74) is 0. The molecule has 0 atom stereocenters. The summed E-state index contributed by atoms with van der Waals surface area (Å²) in [6.45, 7) is 6.02. The number of unbranched alkanes of at least 4 members (excludes halogenated alkanes) is 2. The zero-order valence-corrected chi connectivity index (χ0v) is 9.73. The van der Waals surface area contributed by atoms with Gasteiger partial charge in [0.25, 0.3) is 0 Å². The van der Waals surface area contributed by atoms with E-state index in [-0.39, 0.29) is 5.91 Å². The Balaban J connectivity index is 3.15. The molecule has 3 heteroatoms. The van der Waals surface area contributed by atoms with Crippen LogP contribution in [0.2, 0.25) is 0 Å². The Kier molecular flexibility index (Phi) is 8.64. The highest BCUT2D eigenvalue weighted by Gasteiger charge is 2.02. The third-order valence-corrected chi connectivity index (χ3v) is 2.02. The Labute approximate surface area is 87.6 Å². The summed E-state index contributed by atoms with van der Waals surface area (Å²) in [7, 11) is 1.96. The van der Waals surface area contributed by atoms with Crippen molar-refractivity contribution in [2.75, 3.05) is 20.1 Å². The van der Waals surface area contributed by atoms with Crippen LogP contribution in [-0.2, 0) is 4.79 Å². The minimum atomic E-state index is 0.189. The van der Waals surface area contributed by atoms with E-state index in [9.17, 15) is 4.79 Å². The lowest BCUT2D eigenvalue weighted by Crippen LogP contribution is -2.25. The van der Waals surface area contributed by atoms with Crippen LogP contribution in [-0.4, -0.2) is 26.0 Å². The maximum atomic E-state index is 11.2. The van der Waals surface area contributed by atoms with Gasteiger partial charge in [-0.15, -0.1) is 0 Å². The van der Waals surface area contributed by atoms with Gasteiger partial charge < -0.3 is 10.6 Å². The first-order chi connectivity index (χ1) is 6.66. The van der Waals surface area contributed by atoms with Crippen molar-refractivity contribution in [1.29, 1.82) is 0 Å². The Morgan fingerprint density at radius 1 is 1.14 bits per heavy atom. The van der Waals surface area contributed by atoms with E-state index < -0.39 is 0 Å². The van der Waals surface area contributed by atoms with Gasteiger partial charge in [-0.3, -0.25) is 4.79 Å². The third-order valence-electron chi connectivity index (χ3n) is 2.02. The molecule has 0 radical (unpaired) electrons. The van der Waals surface area contributed by atoms with Crippen molar-refractivity contribution in [3.63, 3.8) is 0 Å². The molecule has 0 bridgehead atoms. The Morgan fingerprint density at radius 3 is 2.36 bits per heavy atom. The van der Waals surface area contributed by atoms with Crippen molar-refractivity contribution in [3.05, 3.63) is 0 Å². The van der Waals surface area contributed by atoms with Crippen LogP contribution in [0.15, 0.2) is 0 Å². The van der Waals surface area contributed by atoms with Gasteiger partial charge in [-0.2, -0.15) is 0 Å². The Bertz CT molecular complexity index is 146. The van der Waals surface area contributed by atoms with Gasteiger partial charge in [-0.05, 0) is 32.4 Å². The van der Waals surface area contributed by atoms with E-state index in [4.69, 9.17) is 0 Å². The molecular formula is C11H24N2O. The number of amides is 1. The molecule has 0 aliphatic rings. The second-order valence-electron chi connectivity index (χ2n) is 4.11. The molecule has 2 N–H and O–H groups in total. The molecule has 0 rings (SSSR count). The first-order valence-electron chi connectivity index (χ1n) is 5.58. The van der Waals surface area contributed by atoms with Crippen LogP contribution in [0.1, 0.15) is 39.5 Å². The summed E-state index contributed by atoms with van der Waals surface area (Å²) in [6, 6.07) is 0. The smallest absolute Gasteiger partial charge is 0.220 e. The van der Waals surface area contributed by atoms with Crippen molar-refractivity contribution in [2.45, 2.75) is 39.5 Å². The highest BCUT2D eigenvalue weighted by Crippen LogP contribution is 1.98. The molecule has 1 amide bonds. The van der Waals surface area contributed by atoms with Crippen LogP contribution >= 0.6 is 0 Å². The number of carbonyl (C=O) groups excluding carboxylic acids is 1. The van der Waals surface area contributed by atoms with E-state index in [2.05, 4.69) is 24.5 Å². The van der Waals surface area contributed by atoms with Gasteiger partial charge in [-0.1, -0.05) is 20.3 Å². The van der Waals surface area contributed by atoms with Crippen LogP contribution in [0.4, 0.5) is 0 Å². The van der Waals surface area contributed by atoms with Gasteiger partial charge >= 0.3 is 0 Å². The monoisotopic (exact) mass is 200 g/mol. The maximum absolute atomic E-state index is 11.2. The molecule has 3 nitrogen and oxygen atoms in total. The van der Waals surface area contributed by atoms with Gasteiger partial charge in [0.15, 0.2) is 0 Å². The van der Waals surface area contributed by atoms with Crippen LogP contribution in [0, 0.1) is 5.92 Å². The number of hydrogen-bond acceptors (Lipinski definition) is 2. The standard InChI is InChI=1S/C11H24N2O/c1-10(2)9-11(14)13-8-6-4-5-7-12-3/h10,12H,4-9H2,1-3H3,(H,13,14). The van der Waals surface area contributed by atoms with Gasteiger partial charge in [-0.25, -0.2) is 0 Å². The molecule has 84 valence electrons. The van der Waals surface area contributed by atoms with Crippen molar-refractivity contribution < 1.29 is 4.79 Å². The number of rotatable bonds is 8. The van der Waals surface area contributed by atoms with Crippen LogP contribution < -0.4 is 10.6 Å². The molecule has 0 fully saturated rings. The first-order valence-corrected chi connectivity index (χ1v) is 5.58. The van der Waals surface area contributed by atoms with Crippen molar-refractivity contribution >= 4 is 5.91 Å². The highest BCUT2D eigenvalue weighted by molar-refractivity contribution is 5.75. The summed E-state index contributed by atoms with van der Waals surface area (Å²) < 4.78 is 0. The second-order valence-corrected chi connectivity index (χ2v) is 4.11. The molecule has 0 aliphatic carbocycles. The fourth-order valence-electron chi connectivity index (χ4n) is 1.27. The summed E-state index contributed by atoms with van der Waals surface area (Å²) >= 11 is 0. The summed E-state index contributed by atoms with van der Waals surface area (Å²) in [4.78, 5) is 11.2. The van der Waals surface area contributed by atoms with Gasteiger partial charge in [0.1, 0.15) is 0 Å². The maximum Gasteiger partial charge on any atom is 0.220 e. The predicted molar refractivity (Wildman–Crippen MR) is 60.2 cm³/mol. The minimum Gasteiger partial charge on any atom is -0.356 e. The molecule has 0 saturated heterocycles. The normalized spacial score (nSPS) is 10.6.